The Morgan fingerprint density at radius 3 is 2.90 bits per heavy atom. The molecule has 108 valence electrons. The highest BCUT2D eigenvalue weighted by Gasteiger charge is 2.45. The van der Waals surface area contributed by atoms with Crippen molar-refractivity contribution < 1.29 is 14.6 Å². The Hall–Kier alpha value is -1.16. The maximum atomic E-state index is 14.2. The number of fused-ring (bicyclic) bond motifs is 1. The third-order valence-electron chi connectivity index (χ3n) is 3.17. The number of anilines is 1. The summed E-state index contributed by atoms with van der Waals surface area (Å²) in [7, 11) is 0. The van der Waals surface area contributed by atoms with Gasteiger partial charge in [-0.25, -0.2) is 9.37 Å². The zero-order valence-corrected chi connectivity index (χ0v) is 11.6. The first kappa shape index (κ1) is 13.8. The molecule has 1 saturated heterocycles. The minimum Gasteiger partial charge on any atom is -0.395 e. The zero-order chi connectivity index (χ0) is 14.4. The molecule has 2 aromatic rings. The lowest BCUT2D eigenvalue weighted by Gasteiger charge is -2.15. The Morgan fingerprint density at radius 2 is 2.25 bits per heavy atom. The predicted molar refractivity (Wildman–Crippen MR) is 73.1 cm³/mol. The van der Waals surface area contributed by atoms with E-state index in [1.54, 1.807) is 0 Å². The zero-order valence-electron chi connectivity index (χ0n) is 10.0. The van der Waals surface area contributed by atoms with E-state index < -0.39 is 22.9 Å². The van der Waals surface area contributed by atoms with Crippen LogP contribution in [0, 0.1) is 0 Å². The fraction of sp³-hybridized carbons (Fsp3) is 0.500. The SMILES string of the molecule is Nc1nc(Cl)nc2c1ncn2[C@H]1S[C@@H](CO)[C@@H](O)[C@H]1F. The van der Waals surface area contributed by atoms with Crippen molar-refractivity contribution in [2.45, 2.75) is 22.9 Å². The summed E-state index contributed by atoms with van der Waals surface area (Å²) < 4.78 is 15.6. The molecule has 0 aliphatic carbocycles. The van der Waals surface area contributed by atoms with E-state index in [2.05, 4.69) is 15.0 Å². The van der Waals surface area contributed by atoms with Crippen LogP contribution in [0.15, 0.2) is 6.33 Å². The second kappa shape index (κ2) is 4.99. The molecule has 3 heterocycles. The van der Waals surface area contributed by atoms with E-state index in [1.807, 2.05) is 0 Å². The number of aromatic nitrogens is 4. The van der Waals surface area contributed by atoms with E-state index in [0.717, 1.165) is 11.8 Å². The van der Waals surface area contributed by atoms with Crippen molar-refractivity contribution in [3.05, 3.63) is 11.6 Å². The molecule has 0 aromatic carbocycles. The number of aliphatic hydroxyl groups is 2. The summed E-state index contributed by atoms with van der Waals surface area (Å²) in [5.41, 5.74) is 6.31. The second-order valence-corrected chi connectivity index (χ2v) is 6.08. The quantitative estimate of drug-likeness (QED) is 0.686. The summed E-state index contributed by atoms with van der Waals surface area (Å²) in [6, 6.07) is 0. The van der Waals surface area contributed by atoms with Crippen LogP contribution in [0.4, 0.5) is 10.2 Å². The van der Waals surface area contributed by atoms with Crippen LogP contribution in [0.5, 0.6) is 0 Å². The maximum Gasteiger partial charge on any atom is 0.226 e. The van der Waals surface area contributed by atoms with Crippen molar-refractivity contribution in [3.8, 4) is 0 Å². The fourth-order valence-electron chi connectivity index (χ4n) is 2.18. The second-order valence-electron chi connectivity index (χ2n) is 4.38. The Labute approximate surface area is 122 Å². The van der Waals surface area contributed by atoms with E-state index >= 15 is 0 Å². The van der Waals surface area contributed by atoms with Gasteiger partial charge in [-0.1, -0.05) is 0 Å². The summed E-state index contributed by atoms with van der Waals surface area (Å²) in [4.78, 5) is 11.8. The van der Waals surface area contributed by atoms with Gasteiger partial charge in [-0.05, 0) is 11.6 Å². The summed E-state index contributed by atoms with van der Waals surface area (Å²) in [5, 5.41) is 17.5. The summed E-state index contributed by atoms with van der Waals surface area (Å²) in [6.07, 6.45) is -1.42. The number of alkyl halides is 1. The van der Waals surface area contributed by atoms with Crippen LogP contribution < -0.4 is 5.73 Å². The number of halogens is 2. The maximum absolute atomic E-state index is 14.2. The molecule has 4 atom stereocenters. The molecule has 1 aliphatic rings. The number of hydrogen-bond donors (Lipinski definition) is 3. The molecule has 0 saturated carbocycles. The average Bonchev–Trinajstić information content (AvgIpc) is 2.93. The molecule has 7 nitrogen and oxygen atoms in total. The number of nitrogens with two attached hydrogens (primary N) is 1. The van der Waals surface area contributed by atoms with Crippen LogP contribution in [0.3, 0.4) is 0 Å². The largest absolute Gasteiger partial charge is 0.395 e. The molecule has 0 radical (unpaired) electrons. The molecule has 0 spiro atoms. The first-order chi connectivity index (χ1) is 9.52. The van der Waals surface area contributed by atoms with E-state index in [0.29, 0.717) is 11.2 Å². The molecule has 20 heavy (non-hydrogen) atoms. The van der Waals surface area contributed by atoms with Gasteiger partial charge in [0.2, 0.25) is 5.28 Å². The van der Waals surface area contributed by atoms with E-state index in [1.165, 1.54) is 10.9 Å². The van der Waals surface area contributed by atoms with Crippen molar-refractivity contribution >= 4 is 40.3 Å². The number of imidazole rings is 1. The smallest absolute Gasteiger partial charge is 0.226 e. The van der Waals surface area contributed by atoms with Gasteiger partial charge in [0.25, 0.3) is 0 Å². The highest BCUT2D eigenvalue weighted by molar-refractivity contribution is 8.00. The van der Waals surface area contributed by atoms with Crippen LogP contribution in [0.25, 0.3) is 11.2 Å². The van der Waals surface area contributed by atoms with Crippen molar-refractivity contribution in [2.75, 3.05) is 12.3 Å². The first-order valence-corrected chi connectivity index (χ1v) is 7.09. The van der Waals surface area contributed by atoms with Crippen molar-refractivity contribution in [3.63, 3.8) is 0 Å². The van der Waals surface area contributed by atoms with Gasteiger partial charge in [0, 0.05) is 0 Å². The molecule has 1 aliphatic heterocycles. The molecule has 10 heteroatoms. The molecular formula is C10H11ClFN5O2S. The number of rotatable bonds is 2. The Bertz CT molecular complexity index is 656. The predicted octanol–water partition coefficient (Wildman–Crippen LogP) is 0.367. The summed E-state index contributed by atoms with van der Waals surface area (Å²) in [5.74, 6) is 0.108. The van der Waals surface area contributed by atoms with Crippen molar-refractivity contribution in [1.29, 1.82) is 0 Å². The number of nitrogens with zero attached hydrogens (tertiary/aromatic N) is 4. The van der Waals surface area contributed by atoms with Crippen molar-refractivity contribution in [2.24, 2.45) is 0 Å². The van der Waals surface area contributed by atoms with Crippen LogP contribution in [0.1, 0.15) is 5.37 Å². The number of aliphatic hydroxyl groups excluding tert-OH is 2. The van der Waals surface area contributed by atoms with E-state index in [-0.39, 0.29) is 17.7 Å². The van der Waals surface area contributed by atoms with Gasteiger partial charge in [0.1, 0.15) is 17.0 Å². The highest BCUT2D eigenvalue weighted by Crippen LogP contribution is 2.44. The van der Waals surface area contributed by atoms with Gasteiger partial charge in [-0.2, -0.15) is 9.97 Å². The van der Waals surface area contributed by atoms with Gasteiger partial charge < -0.3 is 15.9 Å². The number of nitrogen functional groups attached to an aromatic ring is 1. The van der Waals surface area contributed by atoms with Gasteiger partial charge >= 0.3 is 0 Å². The van der Waals surface area contributed by atoms with Crippen LogP contribution >= 0.6 is 23.4 Å². The molecule has 1 fully saturated rings. The molecule has 2 aromatic heterocycles. The molecule has 0 unspecified atom stereocenters. The van der Waals surface area contributed by atoms with E-state index in [9.17, 15) is 9.50 Å². The first-order valence-electron chi connectivity index (χ1n) is 5.77. The topological polar surface area (TPSA) is 110 Å². The number of thioether (sulfide) groups is 1. The lowest BCUT2D eigenvalue weighted by Crippen LogP contribution is -2.29. The third kappa shape index (κ3) is 2.01. The van der Waals surface area contributed by atoms with Gasteiger partial charge in [0.05, 0.1) is 18.2 Å². The minimum absolute atomic E-state index is 0.0607. The normalized spacial score (nSPS) is 30.2. The minimum atomic E-state index is -1.55. The fourth-order valence-corrected chi connectivity index (χ4v) is 3.70. The Morgan fingerprint density at radius 1 is 1.50 bits per heavy atom. The Balaban J connectivity index is 2.07. The standard InChI is InChI=1S/C10H11ClFN5O2S/c11-10-15-7(13)5-8(16-10)17(2-14-5)9-4(12)6(19)3(1-18)20-9/h2-4,6,9,18-19H,1H2,(H2,13,15,16)/t3-,4+,6+,9-/m0/s1. The summed E-state index contributed by atoms with van der Waals surface area (Å²) >= 11 is 6.86. The monoisotopic (exact) mass is 319 g/mol. The van der Waals surface area contributed by atoms with Crippen LogP contribution in [0.2, 0.25) is 5.28 Å². The summed E-state index contributed by atoms with van der Waals surface area (Å²) in [6.45, 7) is -0.312. The molecule has 4 N–H and O–H groups in total. The Kier molecular flexibility index (Phi) is 3.44. The molecular weight excluding hydrogens is 309 g/mol. The van der Waals surface area contributed by atoms with Crippen molar-refractivity contribution in [1.82, 2.24) is 19.5 Å². The molecule has 0 amide bonds. The third-order valence-corrected chi connectivity index (χ3v) is 4.88. The lowest BCUT2D eigenvalue weighted by molar-refractivity contribution is 0.0642. The number of hydrogen-bond acceptors (Lipinski definition) is 7. The lowest BCUT2D eigenvalue weighted by atomic mass is 10.1. The van der Waals surface area contributed by atoms with Crippen LogP contribution in [-0.4, -0.2) is 53.9 Å². The molecule has 0 bridgehead atoms. The average molecular weight is 320 g/mol. The van der Waals surface area contributed by atoms with Gasteiger partial charge in [-0.3, -0.25) is 4.57 Å². The van der Waals surface area contributed by atoms with Crippen LogP contribution in [-0.2, 0) is 0 Å². The highest BCUT2D eigenvalue weighted by atomic mass is 35.5. The molecule has 3 rings (SSSR count). The van der Waals surface area contributed by atoms with Gasteiger partial charge in [0.15, 0.2) is 17.6 Å². The van der Waals surface area contributed by atoms with Gasteiger partial charge in [-0.15, -0.1) is 11.8 Å². The van der Waals surface area contributed by atoms with E-state index in [4.69, 9.17) is 22.4 Å².